The minimum Gasteiger partial charge on any atom is -0.366 e. The molecule has 0 saturated heterocycles. The van der Waals surface area contributed by atoms with E-state index in [1.54, 1.807) is 24.3 Å². The Morgan fingerprint density at radius 1 is 1.24 bits per heavy atom. The van der Waals surface area contributed by atoms with Gasteiger partial charge < -0.3 is 16.4 Å². The lowest BCUT2D eigenvalue weighted by atomic mass is 10.1. The van der Waals surface area contributed by atoms with Crippen molar-refractivity contribution in [2.24, 2.45) is 10.7 Å². The lowest BCUT2D eigenvalue weighted by Gasteiger charge is -2.13. The highest BCUT2D eigenvalue weighted by molar-refractivity contribution is 5.92. The number of carbonyl (C=O) groups is 1. The van der Waals surface area contributed by atoms with Gasteiger partial charge in [0.05, 0.1) is 6.42 Å². The summed E-state index contributed by atoms with van der Waals surface area (Å²) in [7, 11) is 1.47. The molecule has 0 radical (unpaired) electrons. The number of amides is 1. The molecule has 1 amide bonds. The van der Waals surface area contributed by atoms with Crippen molar-refractivity contribution >= 4 is 11.9 Å². The number of halogens is 3. The average Bonchev–Trinajstić information content (AvgIpc) is 2.41. The van der Waals surface area contributed by atoms with Crippen LogP contribution in [0.15, 0.2) is 29.3 Å². The maximum Gasteiger partial charge on any atom is 0.390 e. The number of guanidine groups is 1. The molecule has 116 valence electrons. The Balaban J connectivity index is 2.43. The van der Waals surface area contributed by atoms with Crippen molar-refractivity contribution in [1.29, 1.82) is 0 Å². The number of hydrogen-bond acceptors (Lipinski definition) is 2. The van der Waals surface area contributed by atoms with Crippen LogP contribution in [0, 0.1) is 0 Å². The second-order valence-corrected chi connectivity index (χ2v) is 4.28. The van der Waals surface area contributed by atoms with Crippen LogP contribution in [0.3, 0.4) is 0 Å². The molecule has 0 aliphatic heterocycles. The molecule has 0 fully saturated rings. The van der Waals surface area contributed by atoms with Gasteiger partial charge in [-0.2, -0.15) is 13.2 Å². The summed E-state index contributed by atoms with van der Waals surface area (Å²) in [5.74, 6) is -0.239. The van der Waals surface area contributed by atoms with Crippen LogP contribution in [0.5, 0.6) is 0 Å². The van der Waals surface area contributed by atoms with Crippen LogP contribution in [0.25, 0.3) is 0 Å². The zero-order valence-corrected chi connectivity index (χ0v) is 11.5. The predicted octanol–water partition coefficient (Wildman–Crippen LogP) is 1.40. The van der Waals surface area contributed by atoms with Gasteiger partial charge in [-0.05, 0) is 17.7 Å². The molecule has 21 heavy (non-hydrogen) atoms. The van der Waals surface area contributed by atoms with E-state index in [1.165, 1.54) is 7.05 Å². The molecule has 8 heteroatoms. The van der Waals surface area contributed by atoms with E-state index < -0.39 is 18.5 Å². The van der Waals surface area contributed by atoms with Gasteiger partial charge in [0, 0.05) is 25.7 Å². The lowest BCUT2D eigenvalue weighted by molar-refractivity contribution is -0.132. The van der Waals surface area contributed by atoms with Gasteiger partial charge in [0.2, 0.25) is 5.91 Å². The fraction of sp³-hybridized carbons (Fsp3) is 0.385. The SMILES string of the molecule is CN=C(NCCC(F)(F)F)NCc1ccc(C(N)=O)cc1. The summed E-state index contributed by atoms with van der Waals surface area (Å²) in [6, 6.07) is 6.57. The van der Waals surface area contributed by atoms with E-state index in [-0.39, 0.29) is 12.5 Å². The number of nitrogens with zero attached hydrogens (tertiary/aromatic N) is 1. The van der Waals surface area contributed by atoms with Crippen molar-refractivity contribution in [2.45, 2.75) is 19.1 Å². The Labute approximate surface area is 120 Å². The first-order valence-corrected chi connectivity index (χ1v) is 6.22. The van der Waals surface area contributed by atoms with Crippen LogP contribution in [0.2, 0.25) is 0 Å². The van der Waals surface area contributed by atoms with E-state index in [1.807, 2.05) is 0 Å². The summed E-state index contributed by atoms with van der Waals surface area (Å²) in [5.41, 5.74) is 6.36. The molecular weight excluding hydrogens is 285 g/mol. The summed E-state index contributed by atoms with van der Waals surface area (Å²) < 4.78 is 36.1. The Morgan fingerprint density at radius 2 is 1.86 bits per heavy atom. The number of aliphatic imine (C=N–C) groups is 1. The van der Waals surface area contributed by atoms with Gasteiger partial charge in [0.15, 0.2) is 5.96 Å². The minimum atomic E-state index is -4.20. The lowest BCUT2D eigenvalue weighted by Crippen LogP contribution is -2.38. The summed E-state index contributed by atoms with van der Waals surface area (Å²) in [6.45, 7) is 0.120. The largest absolute Gasteiger partial charge is 0.390 e. The fourth-order valence-corrected chi connectivity index (χ4v) is 1.52. The van der Waals surface area contributed by atoms with Gasteiger partial charge in [-0.3, -0.25) is 9.79 Å². The molecule has 0 heterocycles. The first-order valence-electron chi connectivity index (χ1n) is 6.22. The Morgan fingerprint density at radius 3 is 2.33 bits per heavy atom. The van der Waals surface area contributed by atoms with Gasteiger partial charge >= 0.3 is 6.18 Å². The zero-order valence-electron chi connectivity index (χ0n) is 11.5. The standard InChI is InChI=1S/C13H17F3N4O/c1-18-12(19-7-6-13(14,15)16)20-8-9-2-4-10(5-3-9)11(17)21/h2-5H,6-8H2,1H3,(H2,17,21)(H2,18,19,20). The normalized spacial score (nSPS) is 12.1. The second kappa shape index (κ2) is 7.51. The first-order chi connectivity index (χ1) is 9.81. The number of nitrogens with two attached hydrogens (primary N) is 1. The van der Waals surface area contributed by atoms with Crippen molar-refractivity contribution in [2.75, 3.05) is 13.6 Å². The van der Waals surface area contributed by atoms with E-state index in [0.717, 1.165) is 5.56 Å². The molecule has 1 aromatic rings. The van der Waals surface area contributed by atoms with Crippen molar-refractivity contribution in [1.82, 2.24) is 10.6 Å². The van der Waals surface area contributed by atoms with Crippen molar-refractivity contribution in [3.63, 3.8) is 0 Å². The summed E-state index contributed by atoms with van der Waals surface area (Å²) in [4.78, 5) is 14.7. The zero-order chi connectivity index (χ0) is 15.9. The van der Waals surface area contributed by atoms with Gasteiger partial charge in [-0.25, -0.2) is 0 Å². The maximum atomic E-state index is 12.0. The molecule has 1 rings (SSSR count). The topological polar surface area (TPSA) is 79.5 Å². The van der Waals surface area contributed by atoms with E-state index in [2.05, 4.69) is 15.6 Å². The molecule has 1 aromatic carbocycles. The number of nitrogens with one attached hydrogen (secondary N) is 2. The van der Waals surface area contributed by atoms with E-state index in [4.69, 9.17) is 5.73 Å². The minimum absolute atomic E-state index is 0.246. The smallest absolute Gasteiger partial charge is 0.366 e. The van der Waals surface area contributed by atoms with Crippen molar-refractivity contribution in [3.05, 3.63) is 35.4 Å². The number of carbonyl (C=O) groups excluding carboxylic acids is 1. The van der Waals surface area contributed by atoms with Crippen LogP contribution in [0.4, 0.5) is 13.2 Å². The highest BCUT2D eigenvalue weighted by atomic mass is 19.4. The molecule has 0 aliphatic rings. The van der Waals surface area contributed by atoms with Gasteiger partial charge in [0.25, 0.3) is 0 Å². The van der Waals surface area contributed by atoms with Crippen molar-refractivity contribution < 1.29 is 18.0 Å². The molecule has 5 nitrogen and oxygen atoms in total. The molecule has 0 aliphatic carbocycles. The molecule has 0 unspecified atom stereocenters. The van der Waals surface area contributed by atoms with E-state index in [0.29, 0.717) is 12.1 Å². The highest BCUT2D eigenvalue weighted by Gasteiger charge is 2.26. The van der Waals surface area contributed by atoms with E-state index >= 15 is 0 Å². The van der Waals surface area contributed by atoms with Crippen molar-refractivity contribution in [3.8, 4) is 0 Å². The first kappa shape index (κ1) is 16.8. The van der Waals surface area contributed by atoms with Crippen LogP contribution < -0.4 is 16.4 Å². The molecule has 0 atom stereocenters. The molecule has 0 bridgehead atoms. The number of rotatable bonds is 5. The van der Waals surface area contributed by atoms with Crippen LogP contribution in [-0.2, 0) is 6.54 Å². The fourth-order valence-electron chi connectivity index (χ4n) is 1.52. The predicted molar refractivity (Wildman–Crippen MR) is 73.8 cm³/mol. The highest BCUT2D eigenvalue weighted by Crippen LogP contribution is 2.18. The number of hydrogen-bond donors (Lipinski definition) is 3. The summed E-state index contributed by atoms with van der Waals surface area (Å²) >= 11 is 0. The Hall–Kier alpha value is -2.25. The van der Waals surface area contributed by atoms with Gasteiger partial charge in [0.1, 0.15) is 0 Å². The molecular formula is C13H17F3N4O. The van der Waals surface area contributed by atoms with E-state index in [9.17, 15) is 18.0 Å². The third kappa shape index (κ3) is 6.64. The average molecular weight is 302 g/mol. The second-order valence-electron chi connectivity index (χ2n) is 4.28. The van der Waals surface area contributed by atoms with Crippen LogP contribution >= 0.6 is 0 Å². The third-order valence-electron chi connectivity index (χ3n) is 2.62. The van der Waals surface area contributed by atoms with Crippen LogP contribution in [0.1, 0.15) is 22.3 Å². The van der Waals surface area contributed by atoms with Gasteiger partial charge in [-0.1, -0.05) is 12.1 Å². The quantitative estimate of drug-likeness (QED) is 0.568. The number of primary amides is 1. The van der Waals surface area contributed by atoms with Crippen LogP contribution in [-0.4, -0.2) is 31.6 Å². The molecule has 0 saturated carbocycles. The Bertz CT molecular complexity index is 497. The summed E-state index contributed by atoms with van der Waals surface area (Å²) in [5, 5.41) is 5.45. The third-order valence-corrected chi connectivity index (χ3v) is 2.62. The molecule has 4 N–H and O–H groups in total. The number of alkyl halides is 3. The molecule has 0 spiro atoms. The Kier molecular flexibility index (Phi) is 6.01. The number of benzene rings is 1. The molecule has 0 aromatic heterocycles. The maximum absolute atomic E-state index is 12.0. The summed E-state index contributed by atoms with van der Waals surface area (Å²) in [6.07, 6.45) is -5.13. The monoisotopic (exact) mass is 302 g/mol. The van der Waals surface area contributed by atoms with Gasteiger partial charge in [-0.15, -0.1) is 0 Å².